The number of benzene rings is 3. The number of nitrogens with zero attached hydrogens (tertiary/aromatic N) is 1. The number of hydrogen-bond acceptors (Lipinski definition) is 1. The average Bonchev–Trinajstić information content (AvgIpc) is 2.81. The molecule has 1 heterocycles. The molecule has 0 fully saturated rings. The van der Waals surface area contributed by atoms with E-state index in [-0.39, 0.29) is 11.6 Å². The van der Waals surface area contributed by atoms with Gasteiger partial charge in [-0.15, -0.1) is 0 Å². The fourth-order valence-corrected chi connectivity index (χ4v) is 2.98. The third-order valence-electron chi connectivity index (χ3n) is 3.99. The van der Waals surface area contributed by atoms with E-state index >= 15 is 0 Å². The number of aryl methyl sites for hydroxylation is 1. The van der Waals surface area contributed by atoms with Crippen LogP contribution in [-0.2, 0) is 0 Å². The lowest BCUT2D eigenvalue weighted by molar-refractivity contribution is 0.475. The van der Waals surface area contributed by atoms with Crippen molar-refractivity contribution in [3.8, 4) is 11.4 Å². The van der Waals surface area contributed by atoms with Gasteiger partial charge >= 0.3 is 0 Å². The highest BCUT2D eigenvalue weighted by atomic mass is 19.1. The van der Waals surface area contributed by atoms with E-state index in [2.05, 4.69) is 10.6 Å². The SMILES string of the molecule is Cc1ccc2c3cc(F)ccc3n(-c3ccc(O)cc3)c2c1. The second-order valence-corrected chi connectivity index (χ2v) is 5.53. The van der Waals surface area contributed by atoms with Crippen LogP contribution >= 0.6 is 0 Å². The minimum atomic E-state index is -0.238. The number of fused-ring (bicyclic) bond motifs is 3. The molecule has 0 unspecified atom stereocenters. The lowest BCUT2D eigenvalue weighted by Gasteiger charge is -2.08. The number of phenols is 1. The van der Waals surface area contributed by atoms with Crippen molar-refractivity contribution in [2.45, 2.75) is 6.92 Å². The normalized spacial score (nSPS) is 11.4. The highest BCUT2D eigenvalue weighted by Gasteiger charge is 2.13. The van der Waals surface area contributed by atoms with Crippen molar-refractivity contribution in [2.75, 3.05) is 0 Å². The van der Waals surface area contributed by atoms with Gasteiger partial charge in [-0.3, -0.25) is 0 Å². The Morgan fingerprint density at radius 1 is 0.818 bits per heavy atom. The molecule has 1 N–H and O–H groups in total. The van der Waals surface area contributed by atoms with Gasteiger partial charge in [0.15, 0.2) is 0 Å². The van der Waals surface area contributed by atoms with Gasteiger partial charge in [0.1, 0.15) is 11.6 Å². The fourth-order valence-electron chi connectivity index (χ4n) is 2.98. The van der Waals surface area contributed by atoms with Crippen molar-refractivity contribution >= 4 is 21.8 Å². The molecule has 3 aromatic carbocycles. The number of hydrogen-bond donors (Lipinski definition) is 1. The van der Waals surface area contributed by atoms with E-state index in [1.807, 2.05) is 31.2 Å². The van der Waals surface area contributed by atoms with Crippen LogP contribution < -0.4 is 0 Å². The Hall–Kier alpha value is -2.81. The van der Waals surface area contributed by atoms with E-state index in [0.717, 1.165) is 33.1 Å². The van der Waals surface area contributed by atoms with Gasteiger partial charge in [-0.25, -0.2) is 4.39 Å². The zero-order valence-electron chi connectivity index (χ0n) is 12.0. The summed E-state index contributed by atoms with van der Waals surface area (Å²) in [5.74, 6) is -0.00965. The van der Waals surface area contributed by atoms with Gasteiger partial charge in [-0.1, -0.05) is 12.1 Å². The molecule has 0 amide bonds. The lowest BCUT2D eigenvalue weighted by Crippen LogP contribution is -1.93. The van der Waals surface area contributed by atoms with Gasteiger partial charge < -0.3 is 9.67 Å². The minimum Gasteiger partial charge on any atom is -0.508 e. The van der Waals surface area contributed by atoms with Gasteiger partial charge in [0.25, 0.3) is 0 Å². The number of halogens is 1. The molecule has 1 aromatic heterocycles. The molecule has 0 bridgehead atoms. The van der Waals surface area contributed by atoms with Gasteiger partial charge in [0, 0.05) is 16.5 Å². The second kappa shape index (κ2) is 4.60. The summed E-state index contributed by atoms with van der Waals surface area (Å²) in [7, 11) is 0. The third kappa shape index (κ3) is 1.86. The van der Waals surface area contributed by atoms with Gasteiger partial charge in [-0.2, -0.15) is 0 Å². The van der Waals surface area contributed by atoms with Crippen molar-refractivity contribution < 1.29 is 9.50 Å². The Kier molecular flexibility index (Phi) is 2.70. The molecule has 0 saturated carbocycles. The maximum absolute atomic E-state index is 13.7. The molecule has 0 spiro atoms. The Bertz CT molecular complexity index is 999. The summed E-state index contributed by atoms with van der Waals surface area (Å²) in [6.07, 6.45) is 0. The van der Waals surface area contributed by atoms with Crippen molar-refractivity contribution in [2.24, 2.45) is 0 Å². The zero-order chi connectivity index (χ0) is 15.3. The number of aromatic hydroxyl groups is 1. The van der Waals surface area contributed by atoms with Gasteiger partial charge in [0.05, 0.1) is 11.0 Å². The van der Waals surface area contributed by atoms with Crippen molar-refractivity contribution in [3.05, 3.63) is 72.0 Å². The van der Waals surface area contributed by atoms with Gasteiger partial charge in [-0.05, 0) is 61.0 Å². The molecule has 0 aliphatic heterocycles. The molecule has 0 saturated heterocycles. The van der Waals surface area contributed by atoms with E-state index < -0.39 is 0 Å². The first-order chi connectivity index (χ1) is 10.6. The first-order valence-corrected chi connectivity index (χ1v) is 7.13. The summed E-state index contributed by atoms with van der Waals surface area (Å²) in [6.45, 7) is 2.04. The highest BCUT2D eigenvalue weighted by Crippen LogP contribution is 2.33. The monoisotopic (exact) mass is 291 g/mol. The molecular weight excluding hydrogens is 277 g/mol. The quantitative estimate of drug-likeness (QED) is 0.528. The molecule has 0 aliphatic carbocycles. The van der Waals surface area contributed by atoms with Gasteiger partial charge in [0.2, 0.25) is 0 Å². The van der Waals surface area contributed by atoms with Crippen LogP contribution in [0, 0.1) is 12.7 Å². The molecular formula is C19H14FNO. The maximum Gasteiger partial charge on any atom is 0.123 e. The van der Waals surface area contributed by atoms with E-state index in [1.165, 1.54) is 6.07 Å². The molecule has 4 aromatic rings. The average molecular weight is 291 g/mol. The summed E-state index contributed by atoms with van der Waals surface area (Å²) < 4.78 is 15.8. The highest BCUT2D eigenvalue weighted by molar-refractivity contribution is 6.09. The molecule has 108 valence electrons. The smallest absolute Gasteiger partial charge is 0.123 e. The molecule has 22 heavy (non-hydrogen) atoms. The first-order valence-electron chi connectivity index (χ1n) is 7.13. The number of aromatic nitrogens is 1. The molecule has 0 aliphatic rings. The molecule has 3 heteroatoms. The van der Waals surface area contributed by atoms with Crippen LogP contribution in [0.4, 0.5) is 4.39 Å². The first kappa shape index (κ1) is 12.9. The maximum atomic E-state index is 13.7. The minimum absolute atomic E-state index is 0.228. The predicted octanol–water partition coefficient (Wildman–Crippen LogP) is 4.94. The molecule has 4 rings (SSSR count). The molecule has 2 nitrogen and oxygen atoms in total. The van der Waals surface area contributed by atoms with Crippen LogP contribution in [0.2, 0.25) is 0 Å². The topological polar surface area (TPSA) is 25.2 Å². The van der Waals surface area contributed by atoms with Crippen LogP contribution in [0.1, 0.15) is 5.56 Å². The predicted molar refractivity (Wildman–Crippen MR) is 87.1 cm³/mol. The summed E-state index contributed by atoms with van der Waals surface area (Å²) in [4.78, 5) is 0. The van der Waals surface area contributed by atoms with Crippen molar-refractivity contribution in [1.29, 1.82) is 0 Å². The third-order valence-corrected chi connectivity index (χ3v) is 3.99. The van der Waals surface area contributed by atoms with E-state index in [9.17, 15) is 9.50 Å². The van der Waals surface area contributed by atoms with Crippen LogP contribution in [0.15, 0.2) is 60.7 Å². The molecule has 0 radical (unpaired) electrons. The number of phenolic OH excluding ortho intramolecular Hbond substituents is 1. The summed E-state index contributed by atoms with van der Waals surface area (Å²) in [6, 6.07) is 18.1. The molecule has 0 atom stereocenters. The fraction of sp³-hybridized carbons (Fsp3) is 0.0526. The number of rotatable bonds is 1. The summed E-state index contributed by atoms with van der Waals surface area (Å²) >= 11 is 0. The van der Waals surface area contributed by atoms with Crippen LogP contribution in [-0.4, -0.2) is 9.67 Å². The zero-order valence-corrected chi connectivity index (χ0v) is 12.0. The largest absolute Gasteiger partial charge is 0.508 e. The Balaban J connectivity index is 2.18. The van der Waals surface area contributed by atoms with Crippen molar-refractivity contribution in [1.82, 2.24) is 4.57 Å². The Morgan fingerprint density at radius 3 is 2.36 bits per heavy atom. The second-order valence-electron chi connectivity index (χ2n) is 5.53. The van der Waals surface area contributed by atoms with Crippen LogP contribution in [0.25, 0.3) is 27.5 Å². The van der Waals surface area contributed by atoms with E-state index in [1.54, 1.807) is 24.3 Å². The Labute approximate surface area is 127 Å². The van der Waals surface area contributed by atoms with Crippen molar-refractivity contribution in [3.63, 3.8) is 0 Å². The summed E-state index contributed by atoms with van der Waals surface area (Å²) in [5.41, 5.74) is 4.07. The van der Waals surface area contributed by atoms with E-state index in [0.29, 0.717) is 0 Å². The summed E-state index contributed by atoms with van der Waals surface area (Å²) in [5, 5.41) is 11.4. The standard InChI is InChI=1S/C19H14FNO/c1-12-2-8-16-17-11-13(20)3-9-18(17)21(19(16)10-12)14-4-6-15(22)7-5-14/h2-11,22H,1H3. The van der Waals surface area contributed by atoms with E-state index in [4.69, 9.17) is 0 Å². The Morgan fingerprint density at radius 2 is 1.59 bits per heavy atom. The van der Waals surface area contributed by atoms with Crippen LogP contribution in [0.3, 0.4) is 0 Å². The van der Waals surface area contributed by atoms with Crippen LogP contribution in [0.5, 0.6) is 5.75 Å². The lowest BCUT2D eigenvalue weighted by atomic mass is 10.1.